The van der Waals surface area contributed by atoms with Crippen molar-refractivity contribution in [3.05, 3.63) is 58.1 Å². The van der Waals surface area contributed by atoms with Crippen molar-refractivity contribution < 1.29 is 19.8 Å². The molecule has 100 valence electrons. The Morgan fingerprint density at radius 3 is 2.05 bits per heavy atom. The van der Waals surface area contributed by atoms with Crippen LogP contribution in [0.5, 0.6) is 11.5 Å². The molecule has 0 saturated heterocycles. The molecule has 0 atom stereocenters. The maximum atomic E-state index is 12.5. The number of carbonyl (C=O) groups is 2. The lowest BCUT2D eigenvalue weighted by Gasteiger charge is -2.20. The lowest BCUT2D eigenvalue weighted by Crippen LogP contribution is -2.21. The molecular formula is C15H9BrO4. The Bertz CT molecular complexity index is 765. The number of benzene rings is 2. The Kier molecular flexibility index (Phi) is 2.87. The van der Waals surface area contributed by atoms with Gasteiger partial charge < -0.3 is 10.2 Å². The van der Waals surface area contributed by atoms with Crippen LogP contribution < -0.4 is 0 Å². The van der Waals surface area contributed by atoms with Gasteiger partial charge in [0.15, 0.2) is 11.6 Å². The van der Waals surface area contributed by atoms with Crippen molar-refractivity contribution in [1.82, 2.24) is 0 Å². The molecule has 0 spiro atoms. The van der Waals surface area contributed by atoms with E-state index < -0.39 is 11.6 Å². The Hall–Kier alpha value is -2.14. The molecule has 0 aromatic heterocycles. The van der Waals surface area contributed by atoms with Crippen LogP contribution in [0.3, 0.4) is 0 Å². The van der Waals surface area contributed by atoms with Crippen LogP contribution in [0.15, 0.2) is 30.3 Å². The van der Waals surface area contributed by atoms with Crippen molar-refractivity contribution >= 4 is 27.5 Å². The van der Waals surface area contributed by atoms with Gasteiger partial charge in [0.2, 0.25) is 0 Å². The summed E-state index contributed by atoms with van der Waals surface area (Å²) in [6, 6.07) is 7.67. The fourth-order valence-corrected chi connectivity index (χ4v) is 2.84. The second kappa shape index (κ2) is 4.45. The third-order valence-corrected chi connectivity index (χ3v) is 3.98. The standard InChI is InChI=1S/C15H9BrO4/c16-6-7-5-10(17)11-12(13(7)18)15(20)9-4-2-1-3-8(9)14(11)19/h1-5,17-18H,6H2. The van der Waals surface area contributed by atoms with Gasteiger partial charge in [-0.1, -0.05) is 40.2 Å². The molecule has 3 rings (SSSR count). The molecule has 4 nitrogen and oxygen atoms in total. The second-order valence-corrected chi connectivity index (χ2v) is 5.05. The van der Waals surface area contributed by atoms with E-state index in [1.54, 1.807) is 12.1 Å². The first-order chi connectivity index (χ1) is 9.56. The molecule has 0 amide bonds. The number of phenols is 2. The predicted octanol–water partition coefficient (Wildman–Crippen LogP) is 2.77. The van der Waals surface area contributed by atoms with Crippen LogP contribution in [0.25, 0.3) is 0 Å². The summed E-state index contributed by atoms with van der Waals surface area (Å²) >= 11 is 3.17. The number of carbonyl (C=O) groups excluding carboxylic acids is 2. The Labute approximate surface area is 122 Å². The number of halogens is 1. The van der Waals surface area contributed by atoms with E-state index in [1.165, 1.54) is 18.2 Å². The summed E-state index contributed by atoms with van der Waals surface area (Å²) < 4.78 is 0. The average molecular weight is 333 g/mol. The highest BCUT2D eigenvalue weighted by Crippen LogP contribution is 2.40. The largest absolute Gasteiger partial charge is 0.507 e. The van der Waals surface area contributed by atoms with Crippen LogP contribution in [0.4, 0.5) is 0 Å². The van der Waals surface area contributed by atoms with Gasteiger partial charge >= 0.3 is 0 Å². The quantitative estimate of drug-likeness (QED) is 0.530. The molecule has 2 N–H and O–H groups in total. The van der Waals surface area contributed by atoms with Crippen LogP contribution >= 0.6 is 15.9 Å². The highest BCUT2D eigenvalue weighted by Gasteiger charge is 2.35. The number of fused-ring (bicyclic) bond motifs is 2. The highest BCUT2D eigenvalue weighted by atomic mass is 79.9. The molecule has 1 aliphatic rings. The summed E-state index contributed by atoms with van der Waals surface area (Å²) in [6.45, 7) is 0. The number of hydrogen-bond donors (Lipinski definition) is 2. The first-order valence-corrected chi connectivity index (χ1v) is 7.00. The van der Waals surface area contributed by atoms with Gasteiger partial charge in [-0.15, -0.1) is 0 Å². The molecule has 2 aromatic rings. The van der Waals surface area contributed by atoms with Gasteiger partial charge in [-0.3, -0.25) is 9.59 Å². The minimum Gasteiger partial charge on any atom is -0.507 e. The van der Waals surface area contributed by atoms with Crippen molar-refractivity contribution in [3.63, 3.8) is 0 Å². The van der Waals surface area contributed by atoms with E-state index in [2.05, 4.69) is 15.9 Å². The number of phenolic OH excluding ortho intramolecular Hbond substituents is 2. The number of aromatic hydroxyl groups is 2. The van der Waals surface area contributed by atoms with Gasteiger partial charge in [-0.2, -0.15) is 0 Å². The van der Waals surface area contributed by atoms with Gasteiger partial charge in [-0.05, 0) is 6.07 Å². The predicted molar refractivity (Wildman–Crippen MR) is 75.7 cm³/mol. The van der Waals surface area contributed by atoms with E-state index in [0.29, 0.717) is 5.56 Å². The zero-order valence-electron chi connectivity index (χ0n) is 10.2. The Morgan fingerprint density at radius 2 is 1.50 bits per heavy atom. The average Bonchev–Trinajstić information content (AvgIpc) is 2.46. The number of ketones is 2. The molecule has 0 bridgehead atoms. The van der Waals surface area contributed by atoms with Crippen LogP contribution in [0, 0.1) is 0 Å². The maximum absolute atomic E-state index is 12.5. The van der Waals surface area contributed by atoms with E-state index >= 15 is 0 Å². The van der Waals surface area contributed by atoms with E-state index in [0.717, 1.165) is 0 Å². The first kappa shape index (κ1) is 12.9. The van der Waals surface area contributed by atoms with E-state index in [1.807, 2.05) is 0 Å². The maximum Gasteiger partial charge on any atom is 0.198 e. The Morgan fingerprint density at radius 1 is 0.950 bits per heavy atom. The molecule has 0 radical (unpaired) electrons. The van der Waals surface area contributed by atoms with E-state index in [9.17, 15) is 19.8 Å². The normalized spacial score (nSPS) is 13.1. The molecule has 5 heteroatoms. The molecule has 0 fully saturated rings. The SMILES string of the molecule is O=C1c2ccccc2C(=O)c2c(O)c(CBr)cc(O)c21. The summed E-state index contributed by atoms with van der Waals surface area (Å²) in [6.07, 6.45) is 0. The van der Waals surface area contributed by atoms with E-state index in [-0.39, 0.29) is 39.1 Å². The fraction of sp³-hybridized carbons (Fsp3) is 0.0667. The first-order valence-electron chi connectivity index (χ1n) is 5.88. The number of alkyl halides is 1. The minimum absolute atomic E-state index is 0.122. The second-order valence-electron chi connectivity index (χ2n) is 4.49. The van der Waals surface area contributed by atoms with Crippen molar-refractivity contribution in [2.75, 3.05) is 0 Å². The summed E-state index contributed by atoms with van der Waals surface area (Å²) in [5.74, 6) is -1.46. The molecule has 0 heterocycles. The number of hydrogen-bond acceptors (Lipinski definition) is 4. The van der Waals surface area contributed by atoms with Crippen molar-refractivity contribution in [1.29, 1.82) is 0 Å². The molecular weight excluding hydrogens is 324 g/mol. The van der Waals surface area contributed by atoms with Gasteiger partial charge in [0.25, 0.3) is 0 Å². The summed E-state index contributed by atoms with van der Waals surface area (Å²) in [5.41, 5.74) is 0.596. The lowest BCUT2D eigenvalue weighted by molar-refractivity contribution is 0.0974. The summed E-state index contributed by atoms with van der Waals surface area (Å²) in [7, 11) is 0. The van der Waals surface area contributed by atoms with Crippen LogP contribution in [0.2, 0.25) is 0 Å². The zero-order chi connectivity index (χ0) is 14.4. The fourth-order valence-electron chi connectivity index (χ4n) is 2.41. The van der Waals surface area contributed by atoms with Gasteiger partial charge in [-0.25, -0.2) is 0 Å². The molecule has 20 heavy (non-hydrogen) atoms. The van der Waals surface area contributed by atoms with Crippen molar-refractivity contribution in [2.24, 2.45) is 0 Å². The van der Waals surface area contributed by atoms with Crippen molar-refractivity contribution in [3.8, 4) is 11.5 Å². The summed E-state index contributed by atoms with van der Waals surface area (Å²) in [4.78, 5) is 24.8. The topological polar surface area (TPSA) is 74.6 Å². The molecule has 0 saturated carbocycles. The zero-order valence-corrected chi connectivity index (χ0v) is 11.8. The summed E-state index contributed by atoms with van der Waals surface area (Å²) in [5, 5.41) is 20.4. The van der Waals surface area contributed by atoms with Gasteiger partial charge in [0.05, 0.1) is 11.1 Å². The van der Waals surface area contributed by atoms with Crippen LogP contribution in [0.1, 0.15) is 37.4 Å². The van der Waals surface area contributed by atoms with Gasteiger partial charge in [0.1, 0.15) is 11.5 Å². The highest BCUT2D eigenvalue weighted by molar-refractivity contribution is 9.08. The molecule has 0 aliphatic heterocycles. The number of rotatable bonds is 1. The Balaban J connectivity index is 2.39. The lowest BCUT2D eigenvalue weighted by atomic mass is 9.82. The molecule has 1 aliphatic carbocycles. The van der Waals surface area contributed by atoms with E-state index in [4.69, 9.17) is 0 Å². The molecule has 2 aromatic carbocycles. The molecule has 0 unspecified atom stereocenters. The third-order valence-electron chi connectivity index (χ3n) is 3.37. The van der Waals surface area contributed by atoms with Gasteiger partial charge in [0, 0.05) is 22.0 Å². The third kappa shape index (κ3) is 1.59. The monoisotopic (exact) mass is 332 g/mol. The van der Waals surface area contributed by atoms with Crippen LogP contribution in [-0.4, -0.2) is 21.8 Å². The van der Waals surface area contributed by atoms with Crippen molar-refractivity contribution in [2.45, 2.75) is 5.33 Å². The van der Waals surface area contributed by atoms with Crippen LogP contribution in [-0.2, 0) is 5.33 Å². The minimum atomic E-state index is -0.455. The smallest absolute Gasteiger partial charge is 0.198 e.